The van der Waals surface area contributed by atoms with Crippen molar-refractivity contribution in [3.05, 3.63) is 29.8 Å². The first-order valence-electron chi connectivity index (χ1n) is 12.3. The number of rotatable bonds is 17. The molecule has 8 heteroatoms. The maximum Gasteiger partial charge on any atom is 0.220 e. The number of likely N-dealkylation sites (tertiary alicyclic amines) is 1. The van der Waals surface area contributed by atoms with Crippen LogP contribution >= 0.6 is 0 Å². The summed E-state index contributed by atoms with van der Waals surface area (Å²) in [5.41, 5.74) is 0.716. The van der Waals surface area contributed by atoms with Crippen molar-refractivity contribution in [2.75, 3.05) is 46.1 Å². The number of carbonyl (C=O) groups excluding carboxylic acids is 1. The molecule has 0 aromatic heterocycles. The fourth-order valence-corrected chi connectivity index (χ4v) is 3.91. The highest BCUT2D eigenvalue weighted by molar-refractivity contribution is 5.76. The fourth-order valence-electron chi connectivity index (χ4n) is 3.91. The van der Waals surface area contributed by atoms with Gasteiger partial charge in [0.25, 0.3) is 0 Å². The van der Waals surface area contributed by atoms with Gasteiger partial charge in [0, 0.05) is 32.7 Å². The summed E-state index contributed by atoms with van der Waals surface area (Å²) in [5, 5.41) is 23.9. The number of unbranched alkanes of at least 4 members (excludes halogenated alkanes) is 3. The van der Waals surface area contributed by atoms with Crippen molar-refractivity contribution in [1.29, 1.82) is 0 Å². The van der Waals surface area contributed by atoms with E-state index >= 15 is 0 Å². The molecule has 1 amide bonds. The predicted molar refractivity (Wildman–Crippen MR) is 126 cm³/mol. The fraction of sp³-hybridized carbons (Fsp3) is 0.720. The molecule has 1 aliphatic heterocycles. The Morgan fingerprint density at radius 1 is 1.18 bits per heavy atom. The minimum atomic E-state index is -0.870. The second-order valence-corrected chi connectivity index (χ2v) is 8.70. The molecule has 1 saturated heterocycles. The van der Waals surface area contributed by atoms with Crippen LogP contribution < -0.4 is 10.1 Å². The number of ether oxygens (including phenoxy) is 2. The van der Waals surface area contributed by atoms with E-state index in [0.717, 1.165) is 38.0 Å². The van der Waals surface area contributed by atoms with Crippen LogP contribution in [0.15, 0.2) is 24.3 Å². The highest BCUT2D eigenvalue weighted by atomic mass is 19.1. The molecule has 2 rings (SSSR count). The van der Waals surface area contributed by atoms with Crippen molar-refractivity contribution in [2.45, 2.75) is 70.1 Å². The maximum absolute atomic E-state index is 12.6. The van der Waals surface area contributed by atoms with Crippen LogP contribution in [0.1, 0.15) is 63.5 Å². The number of aliphatic hydroxyl groups is 2. The van der Waals surface area contributed by atoms with Gasteiger partial charge >= 0.3 is 0 Å². The second-order valence-electron chi connectivity index (χ2n) is 8.70. The van der Waals surface area contributed by atoms with Crippen LogP contribution in [0, 0.1) is 0 Å². The minimum absolute atomic E-state index is 0.108. The van der Waals surface area contributed by atoms with Crippen LogP contribution in [0.25, 0.3) is 0 Å². The molecule has 1 aromatic carbocycles. The van der Waals surface area contributed by atoms with Gasteiger partial charge in [0.15, 0.2) is 0 Å². The third-order valence-corrected chi connectivity index (χ3v) is 5.83. The number of nitrogens with zero attached hydrogens (tertiary/aromatic N) is 1. The van der Waals surface area contributed by atoms with Crippen LogP contribution in [-0.4, -0.2) is 79.3 Å². The summed E-state index contributed by atoms with van der Waals surface area (Å²) in [6.07, 6.45) is 4.20. The molecule has 3 atom stereocenters. The van der Waals surface area contributed by atoms with Gasteiger partial charge in [-0.2, -0.15) is 0 Å². The summed E-state index contributed by atoms with van der Waals surface area (Å²) >= 11 is 0. The molecule has 1 unspecified atom stereocenters. The SMILES string of the molecule is CCCCOc1ccc([C@@H](O)[C@@H](CN2CCC(O)C2)NC(=O)CCCCCOCCF)cc1. The van der Waals surface area contributed by atoms with Gasteiger partial charge < -0.3 is 25.0 Å². The number of halogens is 1. The summed E-state index contributed by atoms with van der Waals surface area (Å²) < 4.78 is 22.8. The van der Waals surface area contributed by atoms with Crippen LogP contribution in [0.4, 0.5) is 4.39 Å². The van der Waals surface area contributed by atoms with E-state index in [4.69, 9.17) is 9.47 Å². The Bertz CT molecular complexity index is 661. The smallest absolute Gasteiger partial charge is 0.220 e. The Labute approximate surface area is 197 Å². The van der Waals surface area contributed by atoms with Gasteiger partial charge in [0.05, 0.1) is 25.4 Å². The number of benzene rings is 1. The molecule has 0 radical (unpaired) electrons. The van der Waals surface area contributed by atoms with Crippen molar-refractivity contribution in [2.24, 2.45) is 0 Å². The normalized spacial score (nSPS) is 18.2. The van der Waals surface area contributed by atoms with Gasteiger partial charge in [-0.15, -0.1) is 0 Å². The first kappa shape index (κ1) is 27.5. The molecule has 1 fully saturated rings. The molecular weight excluding hydrogens is 427 g/mol. The number of aliphatic hydroxyl groups excluding tert-OH is 2. The highest BCUT2D eigenvalue weighted by Crippen LogP contribution is 2.23. The third kappa shape index (κ3) is 10.8. The first-order chi connectivity index (χ1) is 16.0. The number of hydrogen-bond donors (Lipinski definition) is 3. The Morgan fingerprint density at radius 3 is 2.64 bits per heavy atom. The molecule has 1 aliphatic rings. The lowest BCUT2D eigenvalue weighted by molar-refractivity contribution is -0.123. The van der Waals surface area contributed by atoms with Crippen molar-refractivity contribution in [1.82, 2.24) is 10.2 Å². The standard InChI is InChI=1S/C25H41FN2O5/c1-2-3-16-33-22-10-8-20(9-11-22)25(31)23(19-28-14-12-21(29)18-28)27-24(30)7-5-4-6-15-32-17-13-26/h8-11,21,23,25,29,31H,2-7,12-19H2,1H3,(H,27,30)/t21?,23-,25-/m1/s1. The maximum atomic E-state index is 12.6. The minimum Gasteiger partial charge on any atom is -0.494 e. The molecule has 7 nitrogen and oxygen atoms in total. The average Bonchev–Trinajstić information content (AvgIpc) is 3.22. The molecular formula is C25H41FN2O5. The van der Waals surface area contributed by atoms with E-state index in [9.17, 15) is 19.4 Å². The number of amides is 1. The highest BCUT2D eigenvalue weighted by Gasteiger charge is 2.28. The van der Waals surface area contributed by atoms with Crippen LogP contribution in [0.5, 0.6) is 5.75 Å². The molecule has 3 N–H and O–H groups in total. The van der Waals surface area contributed by atoms with Gasteiger partial charge in [-0.25, -0.2) is 4.39 Å². The van der Waals surface area contributed by atoms with Crippen molar-refractivity contribution >= 4 is 5.91 Å². The van der Waals surface area contributed by atoms with E-state index in [0.29, 0.717) is 51.1 Å². The van der Waals surface area contributed by atoms with Gasteiger partial charge in [0.2, 0.25) is 5.91 Å². The Kier molecular flexibility index (Phi) is 13.3. The van der Waals surface area contributed by atoms with Crippen molar-refractivity contribution < 1.29 is 28.9 Å². The predicted octanol–water partition coefficient (Wildman–Crippen LogP) is 3.00. The number of nitrogens with one attached hydrogen (secondary N) is 1. The molecule has 0 bridgehead atoms. The zero-order valence-corrected chi connectivity index (χ0v) is 19.9. The Morgan fingerprint density at radius 2 is 1.97 bits per heavy atom. The topological polar surface area (TPSA) is 91.3 Å². The van der Waals surface area contributed by atoms with E-state index in [1.54, 1.807) is 0 Å². The van der Waals surface area contributed by atoms with Crippen molar-refractivity contribution in [3.8, 4) is 5.75 Å². The monoisotopic (exact) mass is 468 g/mol. The number of alkyl halides is 1. The third-order valence-electron chi connectivity index (χ3n) is 5.83. The molecule has 0 aliphatic carbocycles. The van der Waals surface area contributed by atoms with E-state index in [-0.39, 0.29) is 18.6 Å². The van der Waals surface area contributed by atoms with Gasteiger partial charge in [-0.1, -0.05) is 31.9 Å². The zero-order chi connectivity index (χ0) is 23.9. The molecule has 0 saturated carbocycles. The number of β-amino-alcohol motifs (C(OH)–C–C–N with tert-alkyl or cyclic N) is 1. The molecule has 0 spiro atoms. The number of carbonyl (C=O) groups is 1. The average molecular weight is 469 g/mol. The molecule has 33 heavy (non-hydrogen) atoms. The lowest BCUT2D eigenvalue weighted by Gasteiger charge is -2.29. The number of hydrogen-bond acceptors (Lipinski definition) is 6. The second kappa shape index (κ2) is 16.0. The zero-order valence-electron chi connectivity index (χ0n) is 19.9. The van der Waals surface area contributed by atoms with Crippen LogP contribution in [0.2, 0.25) is 0 Å². The summed E-state index contributed by atoms with van der Waals surface area (Å²) in [4.78, 5) is 14.6. The summed E-state index contributed by atoms with van der Waals surface area (Å²) in [6, 6.07) is 6.88. The van der Waals surface area contributed by atoms with Crippen LogP contribution in [0.3, 0.4) is 0 Å². The molecule has 1 heterocycles. The van der Waals surface area contributed by atoms with Gasteiger partial charge in [-0.05, 0) is 43.4 Å². The quantitative estimate of drug-likeness (QED) is 0.305. The lowest BCUT2D eigenvalue weighted by Crippen LogP contribution is -2.47. The Balaban J connectivity index is 1.89. The van der Waals surface area contributed by atoms with E-state index in [2.05, 4.69) is 17.1 Å². The molecule has 1 aromatic rings. The summed E-state index contributed by atoms with van der Waals surface area (Å²) in [5.74, 6) is 0.654. The summed E-state index contributed by atoms with van der Waals surface area (Å²) in [6.45, 7) is 4.67. The first-order valence-corrected chi connectivity index (χ1v) is 12.3. The van der Waals surface area contributed by atoms with Crippen molar-refractivity contribution in [3.63, 3.8) is 0 Å². The van der Waals surface area contributed by atoms with Gasteiger partial charge in [0.1, 0.15) is 18.5 Å². The largest absolute Gasteiger partial charge is 0.494 e. The summed E-state index contributed by atoms with van der Waals surface area (Å²) in [7, 11) is 0. The van der Waals surface area contributed by atoms with Crippen LogP contribution in [-0.2, 0) is 9.53 Å². The van der Waals surface area contributed by atoms with E-state index in [1.165, 1.54) is 0 Å². The Hall–Kier alpha value is -1.74. The molecule has 188 valence electrons. The lowest BCUT2D eigenvalue weighted by atomic mass is 10.0. The van der Waals surface area contributed by atoms with E-state index < -0.39 is 18.8 Å². The van der Waals surface area contributed by atoms with Gasteiger partial charge in [-0.3, -0.25) is 9.69 Å². The van der Waals surface area contributed by atoms with E-state index in [1.807, 2.05) is 24.3 Å².